The zero-order chi connectivity index (χ0) is 14.5. The summed E-state index contributed by atoms with van der Waals surface area (Å²) in [6.45, 7) is 3.37. The standard InChI is InChI=1S/C12H24N2O4S/c1-10(5-7-15)8-13-12(16)11-4-3-6-14(9-11)19(2,17)18/h10-11,15H,3-9H2,1-2H3,(H,13,16). The summed E-state index contributed by atoms with van der Waals surface area (Å²) in [4.78, 5) is 12.0. The Hall–Kier alpha value is -0.660. The summed E-state index contributed by atoms with van der Waals surface area (Å²) >= 11 is 0. The third-order valence-electron chi connectivity index (χ3n) is 3.47. The molecule has 0 radical (unpaired) electrons. The monoisotopic (exact) mass is 292 g/mol. The van der Waals surface area contributed by atoms with E-state index < -0.39 is 10.0 Å². The first-order valence-electron chi connectivity index (χ1n) is 6.68. The lowest BCUT2D eigenvalue weighted by Crippen LogP contribution is -2.45. The molecule has 1 amide bonds. The van der Waals surface area contributed by atoms with Crippen LogP contribution in [-0.2, 0) is 14.8 Å². The van der Waals surface area contributed by atoms with Gasteiger partial charge >= 0.3 is 0 Å². The maximum absolute atomic E-state index is 12.0. The van der Waals surface area contributed by atoms with E-state index >= 15 is 0 Å². The van der Waals surface area contributed by atoms with Gasteiger partial charge in [0.1, 0.15) is 0 Å². The van der Waals surface area contributed by atoms with Crippen LogP contribution < -0.4 is 5.32 Å². The zero-order valence-electron chi connectivity index (χ0n) is 11.6. The van der Waals surface area contributed by atoms with Crippen molar-refractivity contribution in [3.05, 3.63) is 0 Å². The minimum absolute atomic E-state index is 0.0851. The van der Waals surface area contributed by atoms with Gasteiger partial charge in [-0.3, -0.25) is 4.79 Å². The van der Waals surface area contributed by atoms with Crippen LogP contribution >= 0.6 is 0 Å². The van der Waals surface area contributed by atoms with Gasteiger partial charge in [0.2, 0.25) is 15.9 Å². The van der Waals surface area contributed by atoms with Gasteiger partial charge in [-0.25, -0.2) is 12.7 Å². The second-order valence-corrected chi connectivity index (χ2v) is 7.31. The molecule has 0 aliphatic carbocycles. The van der Waals surface area contributed by atoms with Crippen LogP contribution in [0.4, 0.5) is 0 Å². The fourth-order valence-electron chi connectivity index (χ4n) is 2.20. The number of nitrogens with one attached hydrogen (secondary N) is 1. The summed E-state index contributed by atoms with van der Waals surface area (Å²) in [5, 5.41) is 11.6. The van der Waals surface area contributed by atoms with Gasteiger partial charge < -0.3 is 10.4 Å². The van der Waals surface area contributed by atoms with Crippen molar-refractivity contribution in [3.63, 3.8) is 0 Å². The number of aliphatic hydroxyl groups excluding tert-OH is 1. The molecule has 0 aromatic rings. The van der Waals surface area contributed by atoms with E-state index in [2.05, 4.69) is 5.32 Å². The summed E-state index contributed by atoms with van der Waals surface area (Å²) in [7, 11) is -3.21. The van der Waals surface area contributed by atoms with Gasteiger partial charge in [0, 0.05) is 26.2 Å². The van der Waals surface area contributed by atoms with E-state index in [4.69, 9.17) is 5.11 Å². The quantitative estimate of drug-likeness (QED) is 0.709. The van der Waals surface area contributed by atoms with Crippen molar-refractivity contribution in [2.45, 2.75) is 26.2 Å². The number of amides is 1. The predicted octanol–water partition coefficient (Wildman–Crippen LogP) is -0.207. The molecule has 7 heteroatoms. The molecule has 0 aromatic heterocycles. The Morgan fingerprint density at radius 1 is 1.53 bits per heavy atom. The maximum atomic E-state index is 12.0. The van der Waals surface area contributed by atoms with Gasteiger partial charge in [0.15, 0.2) is 0 Å². The molecule has 2 unspecified atom stereocenters. The van der Waals surface area contributed by atoms with Crippen LogP contribution in [0.3, 0.4) is 0 Å². The molecule has 1 heterocycles. The molecular formula is C12H24N2O4S. The van der Waals surface area contributed by atoms with E-state index in [1.807, 2.05) is 6.92 Å². The molecule has 0 spiro atoms. The highest BCUT2D eigenvalue weighted by molar-refractivity contribution is 7.88. The summed E-state index contributed by atoms with van der Waals surface area (Å²) in [6.07, 6.45) is 3.28. The van der Waals surface area contributed by atoms with Crippen LogP contribution in [0.15, 0.2) is 0 Å². The molecule has 1 saturated heterocycles. The number of piperidine rings is 1. The van der Waals surface area contributed by atoms with Crippen molar-refractivity contribution in [2.75, 3.05) is 32.5 Å². The largest absolute Gasteiger partial charge is 0.396 e. The lowest BCUT2D eigenvalue weighted by Gasteiger charge is -2.30. The Labute approximate surface area is 115 Å². The highest BCUT2D eigenvalue weighted by atomic mass is 32.2. The predicted molar refractivity (Wildman–Crippen MR) is 73.0 cm³/mol. The normalized spacial score (nSPS) is 23.0. The molecule has 1 aliphatic rings. The maximum Gasteiger partial charge on any atom is 0.224 e. The molecule has 2 atom stereocenters. The third-order valence-corrected chi connectivity index (χ3v) is 4.74. The minimum atomic E-state index is -3.21. The first-order valence-corrected chi connectivity index (χ1v) is 8.53. The molecule has 0 aromatic carbocycles. The summed E-state index contributed by atoms with van der Waals surface area (Å²) in [5.74, 6) is -0.119. The summed E-state index contributed by atoms with van der Waals surface area (Å²) in [6, 6.07) is 0. The second kappa shape index (κ2) is 7.21. The van der Waals surface area contributed by atoms with E-state index in [1.165, 1.54) is 10.6 Å². The van der Waals surface area contributed by atoms with Crippen LogP contribution in [-0.4, -0.2) is 56.2 Å². The Balaban J connectivity index is 2.44. The molecule has 6 nitrogen and oxygen atoms in total. The highest BCUT2D eigenvalue weighted by Gasteiger charge is 2.30. The Kier molecular flexibility index (Phi) is 6.22. The third kappa shape index (κ3) is 5.46. The number of hydrogen-bond acceptors (Lipinski definition) is 4. The van der Waals surface area contributed by atoms with Crippen LogP contribution in [0.25, 0.3) is 0 Å². The van der Waals surface area contributed by atoms with Crippen molar-refractivity contribution in [2.24, 2.45) is 11.8 Å². The molecule has 19 heavy (non-hydrogen) atoms. The van der Waals surface area contributed by atoms with Crippen molar-refractivity contribution >= 4 is 15.9 Å². The molecule has 0 saturated carbocycles. The molecular weight excluding hydrogens is 268 g/mol. The minimum Gasteiger partial charge on any atom is -0.396 e. The van der Waals surface area contributed by atoms with Gasteiger partial charge in [-0.2, -0.15) is 0 Å². The van der Waals surface area contributed by atoms with Crippen LogP contribution in [0, 0.1) is 11.8 Å². The fourth-order valence-corrected chi connectivity index (χ4v) is 3.11. The SMILES string of the molecule is CC(CCO)CNC(=O)C1CCCN(S(C)(=O)=O)C1. The lowest BCUT2D eigenvalue weighted by atomic mass is 9.98. The second-order valence-electron chi connectivity index (χ2n) is 5.32. The van der Waals surface area contributed by atoms with Crippen molar-refractivity contribution in [1.82, 2.24) is 9.62 Å². The molecule has 2 N–H and O–H groups in total. The number of sulfonamides is 1. The summed E-state index contributed by atoms with van der Waals surface area (Å²) < 4.78 is 24.3. The van der Waals surface area contributed by atoms with Crippen LogP contribution in [0.2, 0.25) is 0 Å². The fraction of sp³-hybridized carbons (Fsp3) is 0.917. The van der Waals surface area contributed by atoms with Gasteiger partial charge in [-0.05, 0) is 25.2 Å². The number of carbonyl (C=O) groups excluding carboxylic acids is 1. The van der Waals surface area contributed by atoms with Gasteiger partial charge in [-0.1, -0.05) is 6.92 Å². The Bertz CT molecular complexity index is 397. The van der Waals surface area contributed by atoms with Gasteiger partial charge in [-0.15, -0.1) is 0 Å². The molecule has 1 aliphatic heterocycles. The van der Waals surface area contributed by atoms with Gasteiger partial charge in [0.25, 0.3) is 0 Å². The van der Waals surface area contributed by atoms with Crippen molar-refractivity contribution in [3.8, 4) is 0 Å². The Morgan fingerprint density at radius 2 is 2.21 bits per heavy atom. The number of carbonyl (C=O) groups is 1. The molecule has 0 bridgehead atoms. The lowest BCUT2D eigenvalue weighted by molar-refractivity contribution is -0.126. The zero-order valence-corrected chi connectivity index (χ0v) is 12.4. The number of hydrogen-bond donors (Lipinski definition) is 2. The van der Waals surface area contributed by atoms with Crippen molar-refractivity contribution < 1.29 is 18.3 Å². The van der Waals surface area contributed by atoms with Crippen LogP contribution in [0.5, 0.6) is 0 Å². The van der Waals surface area contributed by atoms with E-state index in [9.17, 15) is 13.2 Å². The van der Waals surface area contributed by atoms with Gasteiger partial charge in [0.05, 0.1) is 12.2 Å². The smallest absolute Gasteiger partial charge is 0.224 e. The van der Waals surface area contributed by atoms with E-state index in [0.717, 1.165) is 12.8 Å². The van der Waals surface area contributed by atoms with E-state index in [1.54, 1.807) is 0 Å². The first-order chi connectivity index (χ1) is 8.84. The summed E-state index contributed by atoms with van der Waals surface area (Å²) in [5.41, 5.74) is 0. The molecule has 112 valence electrons. The molecule has 1 fully saturated rings. The Morgan fingerprint density at radius 3 is 2.79 bits per heavy atom. The topological polar surface area (TPSA) is 86.7 Å². The average molecular weight is 292 g/mol. The van der Waals surface area contributed by atoms with Crippen molar-refractivity contribution in [1.29, 1.82) is 0 Å². The van der Waals surface area contributed by atoms with E-state index in [0.29, 0.717) is 19.5 Å². The number of rotatable bonds is 6. The average Bonchev–Trinajstić information content (AvgIpc) is 2.35. The van der Waals surface area contributed by atoms with E-state index in [-0.39, 0.29) is 30.9 Å². The number of nitrogens with zero attached hydrogens (tertiary/aromatic N) is 1. The highest BCUT2D eigenvalue weighted by Crippen LogP contribution is 2.18. The number of aliphatic hydroxyl groups is 1. The first kappa shape index (κ1) is 16.4. The molecule has 1 rings (SSSR count). The van der Waals surface area contributed by atoms with Crippen LogP contribution in [0.1, 0.15) is 26.2 Å².